The summed E-state index contributed by atoms with van der Waals surface area (Å²) in [5.74, 6) is 0. The largest absolute Gasteiger partial charge is 0.398 e. The van der Waals surface area contributed by atoms with E-state index in [0.717, 1.165) is 44.2 Å². The van der Waals surface area contributed by atoms with E-state index in [1.54, 1.807) is 0 Å². The average Bonchev–Trinajstić information content (AvgIpc) is 2.83. The molecule has 2 aromatic heterocycles. The highest BCUT2D eigenvalue weighted by molar-refractivity contribution is 9.10. The molecule has 0 saturated heterocycles. The molecule has 0 bridgehead atoms. The van der Waals surface area contributed by atoms with Gasteiger partial charge in [-0.15, -0.1) is 0 Å². The van der Waals surface area contributed by atoms with Gasteiger partial charge in [0.05, 0.1) is 22.1 Å². The van der Waals surface area contributed by atoms with Crippen molar-refractivity contribution in [2.24, 2.45) is 0 Å². The van der Waals surface area contributed by atoms with Crippen LogP contribution in [0.3, 0.4) is 0 Å². The lowest BCUT2D eigenvalue weighted by Crippen LogP contribution is -2.34. The number of rotatable bonds is 11. The Morgan fingerprint density at radius 1 is 0.529 bits per heavy atom. The van der Waals surface area contributed by atoms with Gasteiger partial charge in [0.15, 0.2) is 12.4 Å². The van der Waals surface area contributed by atoms with E-state index in [9.17, 15) is 0 Å². The van der Waals surface area contributed by atoms with E-state index in [2.05, 4.69) is 89.8 Å². The van der Waals surface area contributed by atoms with E-state index >= 15 is 0 Å². The summed E-state index contributed by atoms with van der Waals surface area (Å²) in [6.07, 6.45) is 14.5. The molecule has 0 amide bonds. The average molecular weight is 586 g/mol. The zero-order chi connectivity index (χ0) is 23.9. The van der Waals surface area contributed by atoms with Crippen LogP contribution >= 0.6 is 31.9 Å². The van der Waals surface area contributed by atoms with Crippen LogP contribution in [0.4, 0.5) is 11.4 Å². The van der Waals surface area contributed by atoms with Crippen LogP contribution in [0.15, 0.2) is 69.9 Å². The van der Waals surface area contributed by atoms with E-state index in [-0.39, 0.29) is 0 Å². The van der Waals surface area contributed by atoms with Gasteiger partial charge in [0.2, 0.25) is 11.0 Å². The first-order valence-electron chi connectivity index (χ1n) is 12.3. The number of aryl methyl sites for hydroxylation is 2. The Balaban J connectivity index is 1.13. The molecule has 0 fully saturated rings. The number of halogens is 2. The number of unbranched alkanes of at least 4 members (excludes halogenated alkanes) is 7. The van der Waals surface area contributed by atoms with Crippen LogP contribution in [0.1, 0.15) is 51.4 Å². The molecule has 0 atom stereocenters. The number of pyridine rings is 2. The van der Waals surface area contributed by atoms with Crippen molar-refractivity contribution in [3.63, 3.8) is 0 Å². The summed E-state index contributed by atoms with van der Waals surface area (Å²) < 4.78 is 6.79. The fourth-order valence-electron chi connectivity index (χ4n) is 4.68. The summed E-state index contributed by atoms with van der Waals surface area (Å²) in [6, 6.07) is 16.7. The maximum absolute atomic E-state index is 6.16. The second kappa shape index (κ2) is 12.0. The molecule has 34 heavy (non-hydrogen) atoms. The Hall–Kier alpha value is -2.18. The summed E-state index contributed by atoms with van der Waals surface area (Å²) in [5, 5.41) is 2.24. The molecule has 4 nitrogen and oxygen atoms in total. The number of aromatic nitrogens is 2. The molecule has 2 heterocycles. The SMILES string of the molecule is Nc1cc[n+](CCCCCCCCCC[n+]2ccc(N)c3cc(Br)ccc32)c2ccc(Br)cc12. The third-order valence-electron chi connectivity index (χ3n) is 6.57. The number of nitrogen functional groups attached to an aromatic ring is 2. The van der Waals surface area contributed by atoms with Gasteiger partial charge in [0.25, 0.3) is 0 Å². The highest BCUT2D eigenvalue weighted by Gasteiger charge is 2.12. The number of benzene rings is 2. The van der Waals surface area contributed by atoms with Crippen molar-refractivity contribution in [2.45, 2.75) is 64.5 Å². The monoisotopic (exact) mass is 584 g/mol. The predicted molar refractivity (Wildman–Crippen MR) is 149 cm³/mol. The van der Waals surface area contributed by atoms with Crippen molar-refractivity contribution in [1.82, 2.24) is 0 Å². The maximum atomic E-state index is 6.16. The second-order valence-corrected chi connectivity index (χ2v) is 10.9. The molecule has 178 valence electrons. The molecule has 0 unspecified atom stereocenters. The molecule has 0 saturated carbocycles. The van der Waals surface area contributed by atoms with Crippen LogP contribution in [0.25, 0.3) is 21.8 Å². The molecule has 0 aliphatic rings. The number of hydrogen-bond acceptors (Lipinski definition) is 2. The number of anilines is 2. The van der Waals surface area contributed by atoms with Crippen molar-refractivity contribution >= 4 is 65.0 Å². The van der Waals surface area contributed by atoms with Crippen LogP contribution in [0.5, 0.6) is 0 Å². The Morgan fingerprint density at radius 2 is 0.912 bits per heavy atom. The molecule has 0 aliphatic carbocycles. The molecule has 0 aliphatic heterocycles. The zero-order valence-corrected chi connectivity index (χ0v) is 22.8. The lowest BCUT2D eigenvalue weighted by Gasteiger charge is -2.06. The van der Waals surface area contributed by atoms with E-state index in [1.807, 2.05) is 12.1 Å². The molecule has 6 heteroatoms. The first-order valence-corrected chi connectivity index (χ1v) is 13.9. The van der Waals surface area contributed by atoms with Gasteiger partial charge >= 0.3 is 0 Å². The Labute approximate surface area is 219 Å². The van der Waals surface area contributed by atoms with Gasteiger partial charge in [-0.25, -0.2) is 0 Å². The van der Waals surface area contributed by atoms with Gasteiger partial charge < -0.3 is 11.5 Å². The van der Waals surface area contributed by atoms with Gasteiger partial charge in [0.1, 0.15) is 13.1 Å². The number of fused-ring (bicyclic) bond motifs is 2. The van der Waals surface area contributed by atoms with E-state index in [0.29, 0.717) is 0 Å². The minimum absolute atomic E-state index is 0.837. The topological polar surface area (TPSA) is 59.8 Å². The van der Waals surface area contributed by atoms with Crippen molar-refractivity contribution in [1.29, 1.82) is 0 Å². The molecular formula is C28H34Br2N4+2. The summed E-state index contributed by atoms with van der Waals surface area (Å²) in [7, 11) is 0. The standard InChI is InChI=1S/C28H32Br2N4/c29-21-9-11-27-23(19-21)25(31)13-17-33(27)15-7-5-3-1-2-4-6-8-16-34-18-14-26(32)24-20-22(30)10-12-28(24)34/h9-14,17-20,31-32H,1-8,15-16H2/p+2. The third-order valence-corrected chi connectivity index (χ3v) is 7.56. The van der Waals surface area contributed by atoms with Crippen LogP contribution < -0.4 is 20.6 Å². The lowest BCUT2D eigenvalue weighted by molar-refractivity contribution is -0.672. The fourth-order valence-corrected chi connectivity index (χ4v) is 5.40. The fraction of sp³-hybridized carbons (Fsp3) is 0.357. The normalized spacial score (nSPS) is 11.5. The molecule has 4 N–H and O–H groups in total. The number of nitrogens with two attached hydrogens (primary N) is 2. The smallest absolute Gasteiger partial charge is 0.214 e. The van der Waals surface area contributed by atoms with Crippen LogP contribution in [-0.2, 0) is 13.1 Å². The predicted octanol–water partition coefficient (Wildman–Crippen LogP) is 7.08. The first-order chi connectivity index (χ1) is 16.5. The number of nitrogens with zero attached hydrogens (tertiary/aromatic N) is 2. The second-order valence-electron chi connectivity index (χ2n) is 9.08. The molecule has 4 rings (SSSR count). The van der Waals surface area contributed by atoms with Crippen molar-refractivity contribution in [3.05, 3.63) is 69.9 Å². The lowest BCUT2D eigenvalue weighted by atomic mass is 10.1. The Morgan fingerprint density at radius 3 is 1.32 bits per heavy atom. The van der Waals surface area contributed by atoms with E-state index in [4.69, 9.17) is 11.5 Å². The summed E-state index contributed by atoms with van der Waals surface area (Å²) in [4.78, 5) is 0. The third kappa shape index (κ3) is 6.28. The van der Waals surface area contributed by atoms with Crippen LogP contribution in [-0.4, -0.2) is 0 Å². The van der Waals surface area contributed by atoms with Gasteiger partial charge in [-0.05, 0) is 37.1 Å². The van der Waals surface area contributed by atoms with Crippen molar-refractivity contribution in [3.8, 4) is 0 Å². The van der Waals surface area contributed by atoms with Crippen molar-refractivity contribution in [2.75, 3.05) is 11.5 Å². The summed E-state index contributed by atoms with van der Waals surface area (Å²) >= 11 is 7.10. The number of hydrogen-bond donors (Lipinski definition) is 2. The van der Waals surface area contributed by atoms with Crippen LogP contribution in [0.2, 0.25) is 0 Å². The Bertz CT molecular complexity index is 1170. The van der Waals surface area contributed by atoms with Gasteiger partial charge in [0, 0.05) is 46.1 Å². The maximum Gasteiger partial charge on any atom is 0.214 e. The first kappa shape index (κ1) is 24.9. The highest BCUT2D eigenvalue weighted by Crippen LogP contribution is 2.23. The minimum atomic E-state index is 0.837. The minimum Gasteiger partial charge on any atom is -0.398 e. The quantitative estimate of drug-likeness (QED) is 0.146. The molecule has 2 aromatic carbocycles. The summed E-state index contributed by atoms with van der Waals surface area (Å²) in [6.45, 7) is 2.09. The van der Waals surface area contributed by atoms with Crippen molar-refractivity contribution < 1.29 is 9.13 Å². The molecule has 4 aromatic rings. The Kier molecular flexibility index (Phi) is 8.79. The van der Waals surface area contributed by atoms with E-state index < -0.39 is 0 Å². The molecule has 0 radical (unpaired) electrons. The zero-order valence-electron chi connectivity index (χ0n) is 19.6. The molecular weight excluding hydrogens is 552 g/mol. The van der Waals surface area contributed by atoms with Crippen LogP contribution in [0, 0.1) is 0 Å². The summed E-state index contributed by atoms with van der Waals surface area (Å²) in [5.41, 5.74) is 16.4. The van der Waals surface area contributed by atoms with Gasteiger partial charge in [-0.3, -0.25) is 0 Å². The molecule has 0 spiro atoms. The highest BCUT2D eigenvalue weighted by atomic mass is 79.9. The van der Waals surface area contributed by atoms with Gasteiger partial charge in [-0.2, -0.15) is 9.13 Å². The van der Waals surface area contributed by atoms with E-state index in [1.165, 1.54) is 62.4 Å². The van der Waals surface area contributed by atoms with Gasteiger partial charge in [-0.1, -0.05) is 57.5 Å².